The van der Waals surface area contributed by atoms with Crippen molar-refractivity contribution in [3.8, 4) is 6.07 Å². The summed E-state index contributed by atoms with van der Waals surface area (Å²) in [6.45, 7) is 6.07. The van der Waals surface area contributed by atoms with Crippen molar-refractivity contribution in [3.63, 3.8) is 0 Å². The smallest absolute Gasteiger partial charge is 0.250 e. The normalized spacial score (nSPS) is 11.4. The third-order valence-corrected chi connectivity index (χ3v) is 5.88. The van der Waals surface area contributed by atoms with Crippen molar-refractivity contribution in [2.75, 3.05) is 32.5 Å². The van der Waals surface area contributed by atoms with Crippen LogP contribution in [-0.4, -0.2) is 37.1 Å². The standard InChI is InChI=1S/C26H29N5/c1-18-10-12-20(13-11-18)16-21-19(2)22(17-27)26-29-23-8-5-6-9-24(23)31(26)25(21)28-14-7-15-30(3)4/h5-6,8-13H,7,14-16H2,1-4H3,(H,28,29)/p+1. The van der Waals surface area contributed by atoms with Crippen LogP contribution in [0, 0.1) is 25.2 Å². The molecule has 5 nitrogen and oxygen atoms in total. The Balaban J connectivity index is 1.91. The summed E-state index contributed by atoms with van der Waals surface area (Å²) in [5.41, 5.74) is 8.37. The predicted molar refractivity (Wildman–Crippen MR) is 127 cm³/mol. The van der Waals surface area contributed by atoms with Crippen LogP contribution in [0.3, 0.4) is 0 Å². The van der Waals surface area contributed by atoms with E-state index >= 15 is 0 Å². The zero-order chi connectivity index (χ0) is 22.0. The average molecular weight is 413 g/mol. The number of benzene rings is 2. The Morgan fingerprint density at radius 1 is 1.06 bits per heavy atom. The lowest BCUT2D eigenvalue weighted by Crippen LogP contribution is -2.31. The number of imidazole rings is 1. The van der Waals surface area contributed by atoms with Crippen LogP contribution in [0.25, 0.3) is 16.7 Å². The number of rotatable bonds is 7. The molecule has 0 spiro atoms. The van der Waals surface area contributed by atoms with Crippen molar-refractivity contribution >= 4 is 22.5 Å². The molecule has 0 bridgehead atoms. The van der Waals surface area contributed by atoms with E-state index in [9.17, 15) is 5.26 Å². The number of nitriles is 1. The van der Waals surface area contributed by atoms with Gasteiger partial charge in [-0.2, -0.15) is 9.66 Å². The molecule has 2 aromatic heterocycles. The quantitative estimate of drug-likeness (QED) is 0.350. The molecule has 0 radical (unpaired) electrons. The molecule has 0 aliphatic heterocycles. The van der Waals surface area contributed by atoms with Crippen LogP contribution in [0.4, 0.5) is 5.82 Å². The Morgan fingerprint density at radius 3 is 2.52 bits per heavy atom. The highest BCUT2D eigenvalue weighted by molar-refractivity contribution is 5.78. The van der Waals surface area contributed by atoms with Gasteiger partial charge in [-0.1, -0.05) is 42.0 Å². The van der Waals surface area contributed by atoms with Crippen molar-refractivity contribution in [3.05, 3.63) is 76.3 Å². The summed E-state index contributed by atoms with van der Waals surface area (Å²) < 4.78 is 2.19. The number of fused-ring (bicyclic) bond motifs is 3. The monoisotopic (exact) mass is 412 g/mol. The van der Waals surface area contributed by atoms with Crippen molar-refractivity contribution < 1.29 is 4.40 Å². The molecule has 0 atom stereocenters. The molecule has 0 aliphatic rings. The van der Waals surface area contributed by atoms with E-state index in [1.54, 1.807) is 0 Å². The fraction of sp³-hybridized carbons (Fsp3) is 0.308. The summed E-state index contributed by atoms with van der Waals surface area (Å²) in [4.78, 5) is 5.68. The number of anilines is 1. The third kappa shape index (κ3) is 4.12. The lowest BCUT2D eigenvalue weighted by atomic mass is 9.97. The molecular weight excluding hydrogens is 382 g/mol. The second-order valence-corrected chi connectivity index (χ2v) is 8.51. The van der Waals surface area contributed by atoms with Gasteiger partial charge in [0.25, 0.3) is 0 Å². The summed E-state index contributed by atoms with van der Waals surface area (Å²) in [6, 6.07) is 19.4. The summed E-state index contributed by atoms with van der Waals surface area (Å²) >= 11 is 0. The highest BCUT2D eigenvalue weighted by Crippen LogP contribution is 2.27. The number of nitrogens with one attached hydrogen (secondary N) is 2. The lowest BCUT2D eigenvalue weighted by molar-refractivity contribution is -0.465. The van der Waals surface area contributed by atoms with Crippen molar-refractivity contribution in [2.24, 2.45) is 0 Å². The first kappa shape index (κ1) is 20.9. The van der Waals surface area contributed by atoms with Gasteiger partial charge in [-0.3, -0.25) is 4.98 Å². The van der Waals surface area contributed by atoms with Gasteiger partial charge >= 0.3 is 0 Å². The molecule has 0 aliphatic carbocycles. The number of para-hydroxylation sites is 2. The molecule has 0 saturated carbocycles. The number of nitrogens with zero attached hydrogens (tertiary/aromatic N) is 3. The number of aromatic nitrogens is 2. The number of aryl methyl sites for hydroxylation is 1. The molecule has 2 N–H and O–H groups in total. The van der Waals surface area contributed by atoms with Crippen molar-refractivity contribution in [1.82, 2.24) is 9.88 Å². The summed E-state index contributed by atoms with van der Waals surface area (Å²) in [5, 5.41) is 13.7. The summed E-state index contributed by atoms with van der Waals surface area (Å²) in [7, 11) is 4.20. The number of H-pyrrole nitrogens is 1. The van der Waals surface area contributed by atoms with Crippen LogP contribution in [0.5, 0.6) is 0 Å². The van der Waals surface area contributed by atoms with Crippen LogP contribution >= 0.6 is 0 Å². The molecule has 31 heavy (non-hydrogen) atoms. The van der Waals surface area contributed by atoms with Gasteiger partial charge in [0.15, 0.2) is 0 Å². The SMILES string of the molecule is Cc1ccc(Cc2c(C)c(C#N)c3[nH]c4ccccc4[n+]3c2NCCCN(C)C)cc1. The molecule has 2 heterocycles. The van der Waals surface area contributed by atoms with E-state index < -0.39 is 0 Å². The second-order valence-electron chi connectivity index (χ2n) is 8.51. The van der Waals surface area contributed by atoms with E-state index in [0.717, 1.165) is 54.0 Å². The Hall–Kier alpha value is -3.36. The number of hydrogen-bond acceptors (Lipinski definition) is 3. The van der Waals surface area contributed by atoms with Gasteiger partial charge < -0.3 is 10.2 Å². The predicted octanol–water partition coefficient (Wildman–Crippen LogP) is 4.35. The van der Waals surface area contributed by atoms with Gasteiger partial charge in [0.2, 0.25) is 11.5 Å². The van der Waals surface area contributed by atoms with E-state index in [1.807, 2.05) is 12.1 Å². The van der Waals surface area contributed by atoms with Crippen LogP contribution < -0.4 is 9.72 Å². The van der Waals surface area contributed by atoms with Gasteiger partial charge in [0, 0.05) is 18.5 Å². The molecule has 4 aromatic rings. The minimum Gasteiger partial charge on any atom is -0.309 e. The van der Waals surface area contributed by atoms with Gasteiger partial charge in [-0.25, -0.2) is 0 Å². The lowest BCUT2D eigenvalue weighted by Gasteiger charge is -2.15. The van der Waals surface area contributed by atoms with Crippen LogP contribution in [-0.2, 0) is 6.42 Å². The maximum atomic E-state index is 10.0. The molecule has 0 amide bonds. The molecule has 2 aromatic carbocycles. The maximum absolute atomic E-state index is 10.0. The molecule has 158 valence electrons. The highest BCUT2D eigenvalue weighted by atomic mass is 15.1. The van der Waals surface area contributed by atoms with Crippen LogP contribution in [0.15, 0.2) is 48.5 Å². The fourth-order valence-electron chi connectivity index (χ4n) is 4.18. The van der Waals surface area contributed by atoms with Crippen molar-refractivity contribution in [2.45, 2.75) is 26.7 Å². The van der Waals surface area contributed by atoms with Gasteiger partial charge in [-0.05, 0) is 57.6 Å². The molecular formula is C26H30N5+. The largest absolute Gasteiger partial charge is 0.309 e. The first-order chi connectivity index (χ1) is 15.0. The van der Waals surface area contributed by atoms with Gasteiger partial charge in [0.05, 0.1) is 6.54 Å². The summed E-state index contributed by atoms with van der Waals surface area (Å²) in [5.74, 6) is 1.07. The zero-order valence-corrected chi connectivity index (χ0v) is 18.8. The van der Waals surface area contributed by atoms with E-state index in [1.165, 1.54) is 16.7 Å². The molecule has 0 fully saturated rings. The molecule has 5 heteroatoms. The Bertz CT molecular complexity index is 1260. The number of pyridine rings is 1. The first-order valence-corrected chi connectivity index (χ1v) is 10.8. The van der Waals surface area contributed by atoms with Crippen LogP contribution in [0.2, 0.25) is 0 Å². The molecule has 4 rings (SSSR count). The van der Waals surface area contributed by atoms with E-state index in [-0.39, 0.29) is 0 Å². The first-order valence-electron chi connectivity index (χ1n) is 10.8. The Kier molecular flexibility index (Phi) is 5.92. The third-order valence-electron chi connectivity index (χ3n) is 5.88. The van der Waals surface area contributed by atoms with Crippen molar-refractivity contribution in [1.29, 1.82) is 5.26 Å². The summed E-state index contributed by atoms with van der Waals surface area (Å²) in [6.07, 6.45) is 1.82. The van der Waals surface area contributed by atoms with E-state index in [4.69, 9.17) is 0 Å². The van der Waals surface area contributed by atoms with Gasteiger partial charge in [0.1, 0.15) is 22.7 Å². The number of aromatic amines is 1. The topological polar surface area (TPSA) is 59.0 Å². The van der Waals surface area contributed by atoms with Crippen LogP contribution in [0.1, 0.15) is 34.2 Å². The minimum absolute atomic E-state index is 0.706. The number of hydrogen-bond donors (Lipinski definition) is 2. The Labute approximate surface area is 183 Å². The van der Waals surface area contributed by atoms with E-state index in [0.29, 0.717) is 5.56 Å². The van der Waals surface area contributed by atoms with Gasteiger partial charge in [-0.15, -0.1) is 0 Å². The maximum Gasteiger partial charge on any atom is 0.250 e. The highest BCUT2D eigenvalue weighted by Gasteiger charge is 2.25. The Morgan fingerprint density at radius 2 is 1.81 bits per heavy atom. The fourth-order valence-corrected chi connectivity index (χ4v) is 4.18. The second kappa shape index (κ2) is 8.79. The van der Waals surface area contributed by atoms with E-state index in [2.05, 4.69) is 90.0 Å². The zero-order valence-electron chi connectivity index (χ0n) is 18.8. The molecule has 0 unspecified atom stereocenters. The molecule has 0 saturated heterocycles. The minimum atomic E-state index is 0.706. The average Bonchev–Trinajstić information content (AvgIpc) is 3.13.